The zero-order valence-corrected chi connectivity index (χ0v) is 17.2. The number of hydrogen-bond acceptors (Lipinski definition) is 6. The molecule has 0 saturated carbocycles. The van der Waals surface area contributed by atoms with Crippen LogP contribution in [0.15, 0.2) is 24.3 Å². The van der Waals surface area contributed by atoms with Crippen molar-refractivity contribution in [2.75, 3.05) is 43.5 Å². The van der Waals surface area contributed by atoms with Crippen LogP contribution in [0.5, 0.6) is 5.75 Å². The first-order valence-corrected chi connectivity index (χ1v) is 9.91. The van der Waals surface area contributed by atoms with Crippen molar-refractivity contribution >= 4 is 45.3 Å². The van der Waals surface area contributed by atoms with Gasteiger partial charge in [-0.15, -0.1) is 11.3 Å². The molecule has 144 valence electrons. The second-order valence-corrected chi connectivity index (χ2v) is 8.01. The van der Waals surface area contributed by atoms with Crippen LogP contribution in [0.2, 0.25) is 0 Å². The summed E-state index contributed by atoms with van der Waals surface area (Å²) >= 11 is 7.10. The highest BCUT2D eigenvalue weighted by Crippen LogP contribution is 2.33. The monoisotopic (exact) mass is 405 g/mol. The number of nitrogens with one attached hydrogen (secondary N) is 1. The lowest BCUT2D eigenvalue weighted by atomic mass is 10.1. The van der Waals surface area contributed by atoms with Crippen molar-refractivity contribution in [3.63, 3.8) is 0 Å². The molecule has 1 aliphatic heterocycles. The molecular formula is C19H23N3O3S2. The number of nitrogens with zero attached hydrogens (tertiary/aromatic N) is 2. The van der Waals surface area contributed by atoms with E-state index in [0.29, 0.717) is 10.7 Å². The van der Waals surface area contributed by atoms with Gasteiger partial charge in [0, 0.05) is 36.7 Å². The Morgan fingerprint density at radius 2 is 1.81 bits per heavy atom. The number of carbonyl (C=O) groups excluding carboxylic acids is 1. The number of hydrogen-bond donors (Lipinski definition) is 2. The first kappa shape index (κ1) is 19.4. The standard InChI is InChI=1S/C19H23N3O3S2/c1-12-13(2)27-17(16(12)18(24)25-3)20-19(26)22-10-8-21(9-11-22)14-4-6-15(23)7-5-14/h4-7,23H,8-11H2,1-3H3,(H,20,26). The molecule has 0 radical (unpaired) electrons. The Kier molecular flexibility index (Phi) is 5.86. The van der Waals surface area contributed by atoms with Gasteiger partial charge in [0.05, 0.1) is 12.7 Å². The molecule has 0 aliphatic carbocycles. The molecule has 0 unspecified atom stereocenters. The number of thiocarbonyl (C=S) groups is 1. The summed E-state index contributed by atoms with van der Waals surface area (Å²) in [6, 6.07) is 7.23. The van der Waals surface area contributed by atoms with Crippen LogP contribution in [0, 0.1) is 13.8 Å². The van der Waals surface area contributed by atoms with Gasteiger partial charge in [-0.05, 0) is 55.9 Å². The largest absolute Gasteiger partial charge is 0.508 e. The number of ether oxygens (including phenoxy) is 1. The Balaban J connectivity index is 1.64. The SMILES string of the molecule is COC(=O)c1c(NC(=S)N2CCN(c3ccc(O)cc3)CC2)sc(C)c1C. The summed E-state index contributed by atoms with van der Waals surface area (Å²) in [4.78, 5) is 17.6. The molecule has 3 rings (SSSR count). The third kappa shape index (κ3) is 4.17. The molecule has 6 nitrogen and oxygen atoms in total. The molecule has 1 aromatic heterocycles. The molecular weight excluding hydrogens is 382 g/mol. The van der Waals surface area contributed by atoms with Crippen LogP contribution in [-0.2, 0) is 4.74 Å². The number of carbonyl (C=O) groups is 1. The summed E-state index contributed by atoms with van der Waals surface area (Å²) in [7, 11) is 1.39. The lowest BCUT2D eigenvalue weighted by Gasteiger charge is -2.37. The molecule has 0 amide bonds. The number of aryl methyl sites for hydroxylation is 1. The molecule has 0 bridgehead atoms. The zero-order valence-electron chi connectivity index (χ0n) is 15.6. The van der Waals surface area contributed by atoms with Crippen LogP contribution in [-0.4, -0.2) is 54.4 Å². The fraction of sp³-hybridized carbons (Fsp3) is 0.368. The minimum absolute atomic E-state index is 0.269. The summed E-state index contributed by atoms with van der Waals surface area (Å²) in [6.45, 7) is 7.13. The Labute approximate surface area is 168 Å². The molecule has 1 aliphatic rings. The molecule has 8 heteroatoms. The number of methoxy groups -OCH3 is 1. The minimum atomic E-state index is -0.348. The predicted octanol–water partition coefficient (Wildman–Crippen LogP) is 3.38. The van der Waals surface area contributed by atoms with E-state index in [0.717, 1.165) is 47.3 Å². The third-order valence-corrected chi connectivity index (χ3v) is 6.26. The van der Waals surface area contributed by atoms with Crippen LogP contribution >= 0.6 is 23.6 Å². The van der Waals surface area contributed by atoms with Gasteiger partial charge >= 0.3 is 5.97 Å². The van der Waals surface area contributed by atoms with E-state index in [-0.39, 0.29) is 11.7 Å². The lowest BCUT2D eigenvalue weighted by Crippen LogP contribution is -2.50. The van der Waals surface area contributed by atoms with E-state index in [9.17, 15) is 9.90 Å². The van der Waals surface area contributed by atoms with Gasteiger partial charge in [0.2, 0.25) is 0 Å². The molecule has 2 N–H and O–H groups in total. The van der Waals surface area contributed by atoms with Crippen LogP contribution in [0.4, 0.5) is 10.7 Å². The molecule has 27 heavy (non-hydrogen) atoms. The Morgan fingerprint density at radius 1 is 1.19 bits per heavy atom. The Morgan fingerprint density at radius 3 is 2.41 bits per heavy atom. The van der Waals surface area contributed by atoms with Gasteiger partial charge in [-0.3, -0.25) is 0 Å². The van der Waals surface area contributed by atoms with Crippen molar-refractivity contribution in [2.45, 2.75) is 13.8 Å². The highest BCUT2D eigenvalue weighted by atomic mass is 32.1. The van der Waals surface area contributed by atoms with Crippen LogP contribution in [0.1, 0.15) is 20.8 Å². The number of esters is 1. The maximum atomic E-state index is 12.1. The molecule has 1 saturated heterocycles. The highest BCUT2D eigenvalue weighted by Gasteiger charge is 2.24. The summed E-state index contributed by atoms with van der Waals surface area (Å²) in [5.41, 5.74) is 2.57. The molecule has 0 atom stereocenters. The van der Waals surface area contributed by atoms with Crippen LogP contribution in [0.25, 0.3) is 0 Å². The van der Waals surface area contributed by atoms with Crippen molar-refractivity contribution < 1.29 is 14.6 Å². The number of aromatic hydroxyl groups is 1. The predicted molar refractivity (Wildman–Crippen MR) is 113 cm³/mol. The van der Waals surface area contributed by atoms with Gasteiger partial charge in [-0.25, -0.2) is 4.79 Å². The minimum Gasteiger partial charge on any atom is -0.508 e. The molecule has 0 spiro atoms. The zero-order chi connectivity index (χ0) is 19.6. The summed E-state index contributed by atoms with van der Waals surface area (Å²) in [5, 5.41) is 14.0. The first-order chi connectivity index (χ1) is 12.9. The summed E-state index contributed by atoms with van der Waals surface area (Å²) in [6.07, 6.45) is 0. The van der Waals surface area contributed by atoms with Crippen molar-refractivity contribution in [3.05, 3.63) is 40.3 Å². The number of piperazine rings is 1. The van der Waals surface area contributed by atoms with Gasteiger partial charge in [0.1, 0.15) is 10.8 Å². The Hall–Kier alpha value is -2.32. The molecule has 2 heterocycles. The first-order valence-electron chi connectivity index (χ1n) is 8.69. The summed E-state index contributed by atoms with van der Waals surface area (Å²) in [5.74, 6) is -0.0787. The number of phenolic OH excluding ortho intramolecular Hbond substituents is 1. The van der Waals surface area contributed by atoms with E-state index < -0.39 is 0 Å². The maximum Gasteiger partial charge on any atom is 0.341 e. The number of thiophene rings is 1. The van der Waals surface area contributed by atoms with Gasteiger partial charge in [-0.2, -0.15) is 0 Å². The van der Waals surface area contributed by atoms with E-state index in [1.807, 2.05) is 26.0 Å². The van der Waals surface area contributed by atoms with Crippen molar-refractivity contribution in [3.8, 4) is 5.75 Å². The molecule has 1 fully saturated rings. The average molecular weight is 406 g/mol. The molecule has 2 aromatic rings. The van der Waals surface area contributed by atoms with E-state index in [2.05, 4.69) is 15.1 Å². The van der Waals surface area contributed by atoms with E-state index in [1.54, 1.807) is 12.1 Å². The van der Waals surface area contributed by atoms with E-state index >= 15 is 0 Å². The topological polar surface area (TPSA) is 65.0 Å². The van der Waals surface area contributed by atoms with Gasteiger partial charge in [-0.1, -0.05) is 0 Å². The number of anilines is 2. The second-order valence-electron chi connectivity index (χ2n) is 6.40. The fourth-order valence-corrected chi connectivity index (χ4v) is 4.47. The van der Waals surface area contributed by atoms with Gasteiger partial charge < -0.3 is 25.0 Å². The van der Waals surface area contributed by atoms with Crippen LogP contribution < -0.4 is 10.2 Å². The average Bonchev–Trinajstić information content (AvgIpc) is 2.95. The smallest absolute Gasteiger partial charge is 0.341 e. The van der Waals surface area contributed by atoms with Crippen molar-refractivity contribution in [1.82, 2.24) is 4.90 Å². The number of phenols is 1. The van der Waals surface area contributed by atoms with Crippen molar-refractivity contribution in [1.29, 1.82) is 0 Å². The van der Waals surface area contributed by atoms with Crippen molar-refractivity contribution in [2.24, 2.45) is 0 Å². The normalized spacial score (nSPS) is 14.2. The quantitative estimate of drug-likeness (QED) is 0.599. The van der Waals surface area contributed by atoms with Gasteiger partial charge in [0.25, 0.3) is 0 Å². The van der Waals surface area contributed by atoms with Crippen LogP contribution in [0.3, 0.4) is 0 Å². The maximum absolute atomic E-state index is 12.1. The number of benzene rings is 1. The van der Waals surface area contributed by atoms with E-state index in [1.165, 1.54) is 18.4 Å². The number of rotatable bonds is 3. The fourth-order valence-electron chi connectivity index (χ4n) is 3.07. The molecule has 1 aromatic carbocycles. The Bertz CT molecular complexity index is 841. The third-order valence-electron chi connectivity index (χ3n) is 4.78. The van der Waals surface area contributed by atoms with E-state index in [4.69, 9.17) is 17.0 Å². The van der Waals surface area contributed by atoms with Gasteiger partial charge in [0.15, 0.2) is 5.11 Å². The summed E-state index contributed by atoms with van der Waals surface area (Å²) < 4.78 is 4.92. The second kappa shape index (κ2) is 8.14. The highest BCUT2D eigenvalue weighted by molar-refractivity contribution is 7.80. The lowest BCUT2D eigenvalue weighted by molar-refractivity contribution is 0.0601.